The predicted molar refractivity (Wildman–Crippen MR) is 80.6 cm³/mol. The highest BCUT2D eigenvalue weighted by molar-refractivity contribution is 5.70. The standard InChI is InChI=1S/C17H25NO2/c1-3-15-8-9-16(12(15)2)18-11-14-6-4-13(5-7-14)10-17(19)20/h4-7,12,15-16,18H,3,8-11H2,1-2H3,(H,19,20). The zero-order valence-electron chi connectivity index (χ0n) is 12.4. The molecule has 0 aliphatic heterocycles. The lowest BCUT2D eigenvalue weighted by molar-refractivity contribution is -0.136. The number of hydrogen-bond donors (Lipinski definition) is 2. The second-order valence-corrected chi connectivity index (χ2v) is 5.98. The van der Waals surface area contributed by atoms with E-state index in [0.29, 0.717) is 6.04 Å². The van der Waals surface area contributed by atoms with Crippen LogP contribution in [0.2, 0.25) is 0 Å². The van der Waals surface area contributed by atoms with Gasteiger partial charge in [-0.15, -0.1) is 0 Å². The van der Waals surface area contributed by atoms with Gasteiger partial charge in [0.1, 0.15) is 0 Å². The fourth-order valence-electron chi connectivity index (χ4n) is 3.31. The molecule has 0 spiro atoms. The van der Waals surface area contributed by atoms with Gasteiger partial charge in [0, 0.05) is 12.6 Å². The number of carboxylic acids is 1. The van der Waals surface area contributed by atoms with Crippen LogP contribution in [0.4, 0.5) is 0 Å². The molecule has 1 fully saturated rings. The fraction of sp³-hybridized carbons (Fsp3) is 0.588. The molecule has 110 valence electrons. The zero-order chi connectivity index (χ0) is 14.5. The highest BCUT2D eigenvalue weighted by atomic mass is 16.4. The number of carboxylic acid groups (broad SMARTS) is 1. The maximum atomic E-state index is 10.6. The van der Waals surface area contributed by atoms with Gasteiger partial charge in [0.2, 0.25) is 0 Å². The minimum absolute atomic E-state index is 0.103. The van der Waals surface area contributed by atoms with Gasteiger partial charge in [-0.2, -0.15) is 0 Å². The average molecular weight is 275 g/mol. The topological polar surface area (TPSA) is 49.3 Å². The first-order valence-corrected chi connectivity index (χ1v) is 7.63. The largest absolute Gasteiger partial charge is 0.481 e. The molecule has 1 aromatic rings. The van der Waals surface area contributed by atoms with Crippen molar-refractivity contribution in [1.29, 1.82) is 0 Å². The Hall–Kier alpha value is -1.35. The van der Waals surface area contributed by atoms with E-state index in [1.54, 1.807) is 0 Å². The molecule has 0 amide bonds. The van der Waals surface area contributed by atoms with Crippen LogP contribution < -0.4 is 5.32 Å². The molecule has 1 saturated carbocycles. The molecule has 1 aromatic carbocycles. The van der Waals surface area contributed by atoms with E-state index in [1.165, 1.54) is 24.8 Å². The van der Waals surface area contributed by atoms with E-state index in [2.05, 4.69) is 19.2 Å². The molecule has 2 rings (SSSR count). The monoisotopic (exact) mass is 275 g/mol. The third kappa shape index (κ3) is 3.83. The minimum atomic E-state index is -0.777. The Bertz CT molecular complexity index is 441. The fourth-order valence-corrected chi connectivity index (χ4v) is 3.31. The van der Waals surface area contributed by atoms with Gasteiger partial charge in [0.25, 0.3) is 0 Å². The molecule has 0 saturated heterocycles. The summed E-state index contributed by atoms with van der Waals surface area (Å²) in [5.41, 5.74) is 2.09. The number of carbonyl (C=O) groups is 1. The third-order valence-electron chi connectivity index (χ3n) is 4.70. The van der Waals surface area contributed by atoms with Gasteiger partial charge in [0.05, 0.1) is 6.42 Å². The van der Waals surface area contributed by atoms with Crippen molar-refractivity contribution in [2.45, 2.75) is 52.1 Å². The summed E-state index contributed by atoms with van der Waals surface area (Å²) in [7, 11) is 0. The van der Waals surface area contributed by atoms with E-state index in [1.807, 2.05) is 24.3 Å². The first-order chi connectivity index (χ1) is 9.60. The molecule has 3 heteroatoms. The first kappa shape index (κ1) is 15.0. The Balaban J connectivity index is 1.84. The smallest absolute Gasteiger partial charge is 0.307 e. The summed E-state index contributed by atoms with van der Waals surface area (Å²) in [6.07, 6.45) is 4.00. The van der Waals surface area contributed by atoms with Crippen LogP contribution in [0.3, 0.4) is 0 Å². The molecule has 3 nitrogen and oxygen atoms in total. The second kappa shape index (κ2) is 6.89. The Morgan fingerprint density at radius 3 is 2.45 bits per heavy atom. The lowest BCUT2D eigenvalue weighted by atomic mass is 9.93. The van der Waals surface area contributed by atoms with Gasteiger partial charge >= 0.3 is 5.97 Å². The normalized spacial score (nSPS) is 25.8. The van der Waals surface area contributed by atoms with Crippen LogP contribution in [0.1, 0.15) is 44.2 Å². The highest BCUT2D eigenvalue weighted by Gasteiger charge is 2.30. The van der Waals surface area contributed by atoms with Crippen LogP contribution in [0.5, 0.6) is 0 Å². The third-order valence-corrected chi connectivity index (χ3v) is 4.70. The summed E-state index contributed by atoms with van der Waals surface area (Å²) in [6, 6.07) is 8.51. The molecule has 20 heavy (non-hydrogen) atoms. The van der Waals surface area contributed by atoms with Crippen molar-refractivity contribution in [1.82, 2.24) is 5.32 Å². The van der Waals surface area contributed by atoms with Crippen LogP contribution in [-0.4, -0.2) is 17.1 Å². The molecule has 0 radical (unpaired) electrons. The number of nitrogens with one attached hydrogen (secondary N) is 1. The minimum Gasteiger partial charge on any atom is -0.481 e. The molecule has 1 aliphatic carbocycles. The van der Waals surface area contributed by atoms with E-state index >= 15 is 0 Å². The van der Waals surface area contributed by atoms with Crippen molar-refractivity contribution in [3.8, 4) is 0 Å². The van der Waals surface area contributed by atoms with E-state index in [-0.39, 0.29) is 6.42 Å². The maximum Gasteiger partial charge on any atom is 0.307 e. The first-order valence-electron chi connectivity index (χ1n) is 7.63. The Kier molecular flexibility index (Phi) is 5.18. The molecular formula is C17H25NO2. The van der Waals surface area contributed by atoms with Crippen LogP contribution in [0.25, 0.3) is 0 Å². The molecule has 1 aliphatic rings. The highest BCUT2D eigenvalue weighted by Crippen LogP contribution is 2.33. The number of rotatable bonds is 6. The molecule has 3 atom stereocenters. The van der Waals surface area contributed by atoms with Crippen LogP contribution in [0, 0.1) is 11.8 Å². The Morgan fingerprint density at radius 2 is 1.90 bits per heavy atom. The van der Waals surface area contributed by atoms with E-state index in [9.17, 15) is 4.79 Å². The Morgan fingerprint density at radius 1 is 1.25 bits per heavy atom. The lowest BCUT2D eigenvalue weighted by Gasteiger charge is -2.21. The van der Waals surface area contributed by atoms with Gasteiger partial charge in [-0.05, 0) is 35.8 Å². The number of benzene rings is 1. The molecule has 3 unspecified atom stereocenters. The van der Waals surface area contributed by atoms with Crippen molar-refractivity contribution in [2.24, 2.45) is 11.8 Å². The number of hydrogen-bond acceptors (Lipinski definition) is 2. The van der Waals surface area contributed by atoms with Crippen LogP contribution in [0.15, 0.2) is 24.3 Å². The van der Waals surface area contributed by atoms with Crippen molar-refractivity contribution >= 4 is 5.97 Å². The molecule has 0 bridgehead atoms. The van der Waals surface area contributed by atoms with Gasteiger partial charge in [-0.25, -0.2) is 0 Å². The summed E-state index contributed by atoms with van der Waals surface area (Å²) >= 11 is 0. The molecular weight excluding hydrogens is 250 g/mol. The summed E-state index contributed by atoms with van der Waals surface area (Å²) in [5.74, 6) is 0.845. The van der Waals surface area contributed by atoms with Gasteiger partial charge < -0.3 is 10.4 Å². The maximum absolute atomic E-state index is 10.6. The summed E-state index contributed by atoms with van der Waals surface area (Å²) in [5, 5.41) is 12.4. The molecule has 0 heterocycles. The quantitative estimate of drug-likeness (QED) is 0.838. The van der Waals surface area contributed by atoms with Gasteiger partial charge in [-0.1, -0.05) is 44.5 Å². The van der Waals surface area contributed by atoms with E-state index < -0.39 is 5.97 Å². The summed E-state index contributed by atoms with van der Waals surface area (Å²) in [4.78, 5) is 10.6. The lowest BCUT2D eigenvalue weighted by Crippen LogP contribution is -2.32. The second-order valence-electron chi connectivity index (χ2n) is 5.98. The van der Waals surface area contributed by atoms with E-state index in [4.69, 9.17) is 5.11 Å². The summed E-state index contributed by atoms with van der Waals surface area (Å²) < 4.78 is 0. The average Bonchev–Trinajstić information content (AvgIpc) is 2.78. The SMILES string of the molecule is CCC1CCC(NCc2ccc(CC(=O)O)cc2)C1C. The molecule has 0 aromatic heterocycles. The van der Waals surface area contributed by atoms with Gasteiger partial charge in [0.15, 0.2) is 0 Å². The molecule has 2 N–H and O–H groups in total. The predicted octanol–water partition coefficient (Wildman–Crippen LogP) is 3.23. The van der Waals surface area contributed by atoms with Crippen molar-refractivity contribution in [3.05, 3.63) is 35.4 Å². The van der Waals surface area contributed by atoms with Crippen molar-refractivity contribution in [2.75, 3.05) is 0 Å². The number of aliphatic carboxylic acids is 1. The van der Waals surface area contributed by atoms with Crippen LogP contribution in [-0.2, 0) is 17.8 Å². The van der Waals surface area contributed by atoms with Crippen LogP contribution >= 0.6 is 0 Å². The van der Waals surface area contributed by atoms with Crippen molar-refractivity contribution < 1.29 is 9.90 Å². The summed E-state index contributed by atoms with van der Waals surface area (Å²) in [6.45, 7) is 5.51. The van der Waals surface area contributed by atoms with Gasteiger partial charge in [-0.3, -0.25) is 4.79 Å². The Labute approximate surface area is 121 Å². The van der Waals surface area contributed by atoms with Crippen molar-refractivity contribution in [3.63, 3.8) is 0 Å². The van der Waals surface area contributed by atoms with E-state index in [0.717, 1.165) is 23.9 Å². The zero-order valence-corrected chi connectivity index (χ0v) is 12.4.